The number of benzene rings is 2. The van der Waals surface area contributed by atoms with Gasteiger partial charge in [0.05, 0.1) is 13.2 Å². The minimum Gasteiger partial charge on any atom is -0.496 e. The minimum absolute atomic E-state index is 0. The van der Waals surface area contributed by atoms with Crippen LogP contribution in [0.4, 0.5) is 0 Å². The summed E-state index contributed by atoms with van der Waals surface area (Å²) in [7, 11) is 1.74. The van der Waals surface area contributed by atoms with Crippen molar-refractivity contribution in [3.8, 4) is 11.5 Å². The van der Waals surface area contributed by atoms with Gasteiger partial charge < -0.3 is 14.8 Å². The van der Waals surface area contributed by atoms with Crippen LogP contribution in [0.2, 0.25) is 0 Å². The Morgan fingerprint density at radius 2 is 1.77 bits per heavy atom. The first-order valence-electron chi connectivity index (χ1n) is 10.0. The highest BCUT2D eigenvalue weighted by atomic mass is 35.5. The first kappa shape index (κ1) is 22.1. The smallest absolute Gasteiger partial charge is 0.123 e. The van der Waals surface area contributed by atoms with E-state index < -0.39 is 0 Å². The van der Waals surface area contributed by atoms with Gasteiger partial charge in [0.15, 0.2) is 0 Å². The number of hydrogen-bond acceptors (Lipinski definition) is 5. The standard InChI is InChI=1S/C24H27N3O2.ClH/c1-28-24-5-3-2-4-22(24)23-16-26-14-15-27(23)17-19-6-8-21(9-7-19)29-18-20-10-12-25-13-11-20;/h2-13,23,26H,14-18H2,1H3;1H. The van der Waals surface area contributed by atoms with Crippen LogP contribution in [-0.2, 0) is 13.2 Å². The molecule has 1 aliphatic heterocycles. The van der Waals surface area contributed by atoms with Gasteiger partial charge in [-0.15, -0.1) is 12.4 Å². The highest BCUT2D eigenvalue weighted by Crippen LogP contribution is 2.31. The highest BCUT2D eigenvalue weighted by molar-refractivity contribution is 5.85. The topological polar surface area (TPSA) is 46.6 Å². The molecule has 3 aromatic rings. The number of para-hydroxylation sites is 1. The molecule has 5 nitrogen and oxygen atoms in total. The Hall–Kier alpha value is -2.60. The number of nitrogens with zero attached hydrogens (tertiary/aromatic N) is 2. The number of nitrogens with one attached hydrogen (secondary N) is 1. The van der Waals surface area contributed by atoms with Gasteiger partial charge in [-0.2, -0.15) is 0 Å². The lowest BCUT2D eigenvalue weighted by molar-refractivity contribution is 0.151. The molecule has 0 saturated carbocycles. The molecule has 1 unspecified atom stereocenters. The summed E-state index contributed by atoms with van der Waals surface area (Å²) in [5.74, 6) is 1.83. The van der Waals surface area contributed by atoms with Gasteiger partial charge in [-0.1, -0.05) is 30.3 Å². The van der Waals surface area contributed by atoms with Crippen LogP contribution in [0.25, 0.3) is 0 Å². The van der Waals surface area contributed by atoms with Crippen LogP contribution in [0.1, 0.15) is 22.7 Å². The van der Waals surface area contributed by atoms with Gasteiger partial charge in [0, 0.05) is 44.1 Å². The molecule has 1 aromatic heterocycles. The third kappa shape index (κ3) is 5.51. The van der Waals surface area contributed by atoms with E-state index in [2.05, 4.69) is 51.6 Å². The molecule has 2 aromatic carbocycles. The average Bonchev–Trinajstić information content (AvgIpc) is 2.80. The second-order valence-corrected chi connectivity index (χ2v) is 7.22. The molecule has 0 aliphatic carbocycles. The predicted molar refractivity (Wildman–Crippen MR) is 121 cm³/mol. The van der Waals surface area contributed by atoms with E-state index in [1.165, 1.54) is 11.1 Å². The van der Waals surface area contributed by atoms with Crippen molar-refractivity contribution in [3.05, 3.63) is 89.7 Å². The van der Waals surface area contributed by atoms with E-state index in [1.807, 2.05) is 24.3 Å². The Balaban J connectivity index is 0.00000256. The summed E-state index contributed by atoms with van der Waals surface area (Å²) >= 11 is 0. The number of ether oxygens (including phenoxy) is 2. The largest absolute Gasteiger partial charge is 0.496 e. The maximum absolute atomic E-state index is 5.89. The molecule has 0 radical (unpaired) electrons. The van der Waals surface area contributed by atoms with Crippen molar-refractivity contribution >= 4 is 12.4 Å². The Kier molecular flexibility index (Phi) is 8.08. The quantitative estimate of drug-likeness (QED) is 0.613. The van der Waals surface area contributed by atoms with Gasteiger partial charge in [-0.25, -0.2) is 0 Å². The van der Waals surface area contributed by atoms with Gasteiger partial charge in [0.1, 0.15) is 18.1 Å². The monoisotopic (exact) mass is 425 g/mol. The van der Waals surface area contributed by atoms with Crippen molar-refractivity contribution in [1.29, 1.82) is 0 Å². The van der Waals surface area contributed by atoms with Crippen molar-refractivity contribution in [2.45, 2.75) is 19.2 Å². The molecule has 1 fully saturated rings. The lowest BCUT2D eigenvalue weighted by Gasteiger charge is -2.37. The second-order valence-electron chi connectivity index (χ2n) is 7.22. The maximum Gasteiger partial charge on any atom is 0.123 e. The molecule has 0 spiro atoms. The third-order valence-corrected chi connectivity index (χ3v) is 5.32. The molecule has 1 saturated heterocycles. The van der Waals surface area contributed by atoms with Crippen molar-refractivity contribution in [3.63, 3.8) is 0 Å². The zero-order chi connectivity index (χ0) is 19.9. The molecular weight excluding hydrogens is 398 g/mol. The summed E-state index contributed by atoms with van der Waals surface area (Å²) in [6.07, 6.45) is 3.57. The van der Waals surface area contributed by atoms with E-state index in [1.54, 1.807) is 19.5 Å². The van der Waals surface area contributed by atoms with E-state index in [9.17, 15) is 0 Å². The fraction of sp³-hybridized carbons (Fsp3) is 0.292. The number of piperazine rings is 1. The Morgan fingerprint density at radius 3 is 2.53 bits per heavy atom. The number of hydrogen-bond donors (Lipinski definition) is 1. The van der Waals surface area contributed by atoms with Gasteiger partial charge in [-0.05, 0) is 41.5 Å². The highest BCUT2D eigenvalue weighted by Gasteiger charge is 2.26. The van der Waals surface area contributed by atoms with Crippen LogP contribution in [0.3, 0.4) is 0 Å². The first-order valence-corrected chi connectivity index (χ1v) is 10.0. The molecule has 2 heterocycles. The second kappa shape index (κ2) is 11.0. The predicted octanol–water partition coefficient (Wildman–Crippen LogP) is 4.24. The van der Waals surface area contributed by atoms with Gasteiger partial charge >= 0.3 is 0 Å². The Morgan fingerprint density at radius 1 is 1.00 bits per heavy atom. The number of methoxy groups -OCH3 is 1. The molecule has 0 bridgehead atoms. The minimum atomic E-state index is 0. The number of pyridine rings is 1. The maximum atomic E-state index is 5.89. The molecule has 1 aliphatic rings. The third-order valence-electron chi connectivity index (χ3n) is 5.32. The summed E-state index contributed by atoms with van der Waals surface area (Å²) in [6, 6.07) is 21.0. The molecule has 30 heavy (non-hydrogen) atoms. The van der Waals surface area contributed by atoms with Crippen LogP contribution in [0, 0.1) is 0 Å². The molecule has 6 heteroatoms. The van der Waals surface area contributed by atoms with E-state index in [0.29, 0.717) is 12.6 Å². The zero-order valence-corrected chi connectivity index (χ0v) is 18.0. The van der Waals surface area contributed by atoms with Crippen LogP contribution in [0.15, 0.2) is 73.1 Å². The summed E-state index contributed by atoms with van der Waals surface area (Å²) < 4.78 is 11.5. The molecule has 158 valence electrons. The van der Waals surface area contributed by atoms with Crippen LogP contribution < -0.4 is 14.8 Å². The zero-order valence-electron chi connectivity index (χ0n) is 17.2. The molecule has 1 N–H and O–H groups in total. The summed E-state index contributed by atoms with van der Waals surface area (Å²) in [5, 5.41) is 3.52. The van der Waals surface area contributed by atoms with Gasteiger partial charge in [0.25, 0.3) is 0 Å². The molecular formula is C24H28ClN3O2. The number of rotatable bonds is 7. The van der Waals surface area contributed by atoms with Crippen LogP contribution in [-0.4, -0.2) is 36.6 Å². The lowest BCUT2D eigenvalue weighted by Crippen LogP contribution is -2.45. The molecule has 1 atom stereocenters. The van der Waals surface area contributed by atoms with Crippen LogP contribution in [0.5, 0.6) is 11.5 Å². The SMILES string of the molecule is COc1ccccc1C1CNCCN1Cc1ccc(OCc2ccncc2)cc1.Cl. The van der Waals surface area contributed by atoms with E-state index in [4.69, 9.17) is 9.47 Å². The Bertz CT molecular complexity index is 906. The van der Waals surface area contributed by atoms with E-state index in [0.717, 1.165) is 43.2 Å². The fourth-order valence-corrected chi connectivity index (χ4v) is 3.76. The van der Waals surface area contributed by atoms with Crippen molar-refractivity contribution < 1.29 is 9.47 Å². The first-order chi connectivity index (χ1) is 14.3. The fourth-order valence-electron chi connectivity index (χ4n) is 3.76. The van der Waals surface area contributed by atoms with Crippen molar-refractivity contribution in [2.24, 2.45) is 0 Å². The van der Waals surface area contributed by atoms with Crippen molar-refractivity contribution in [2.75, 3.05) is 26.7 Å². The molecule has 0 amide bonds. The van der Waals surface area contributed by atoms with Gasteiger partial charge in [-0.3, -0.25) is 9.88 Å². The summed E-state index contributed by atoms with van der Waals surface area (Å²) in [4.78, 5) is 6.55. The van der Waals surface area contributed by atoms with E-state index in [-0.39, 0.29) is 12.4 Å². The summed E-state index contributed by atoms with van der Waals surface area (Å²) in [6.45, 7) is 4.37. The summed E-state index contributed by atoms with van der Waals surface area (Å²) in [5.41, 5.74) is 3.63. The van der Waals surface area contributed by atoms with Crippen molar-refractivity contribution in [1.82, 2.24) is 15.2 Å². The van der Waals surface area contributed by atoms with E-state index >= 15 is 0 Å². The number of aromatic nitrogens is 1. The average molecular weight is 426 g/mol. The normalized spacial score (nSPS) is 16.5. The Labute approximate surface area is 184 Å². The van der Waals surface area contributed by atoms with Crippen LogP contribution >= 0.6 is 12.4 Å². The molecule has 4 rings (SSSR count). The van der Waals surface area contributed by atoms with Gasteiger partial charge in [0.2, 0.25) is 0 Å². The number of halogens is 1. The lowest BCUT2D eigenvalue weighted by atomic mass is 10.0.